The van der Waals surface area contributed by atoms with Crippen LogP contribution in [0, 0.1) is 0 Å². The van der Waals surface area contributed by atoms with Crippen molar-refractivity contribution < 1.29 is 129 Å². The zero-order valence-electron chi connectivity index (χ0n) is 73.0. The number of carbonyl (C=O) groups is 5. The number of nitrogens with one attached hydrogen (secondary N) is 2. The Bertz CT molecular complexity index is 4160. The predicted molar refractivity (Wildman–Crippen MR) is 474 cm³/mol. The molecule has 4 N–H and O–H groups in total. The number of fused-ring (bicyclic) bond motifs is 12. The maximum Gasteiger partial charge on any atom is 0.407 e. The van der Waals surface area contributed by atoms with Gasteiger partial charge in [0.25, 0.3) is 0 Å². The molecule has 8 aromatic carbocycles. The number of esters is 3. The number of hydrogen-bond acceptors (Lipinski definition) is 27. The van der Waals surface area contributed by atoms with Crippen LogP contribution in [0.15, 0.2) is 194 Å². The fraction of sp³-hybridized carbons (Fsp3) is 0.459. The third-order valence-corrected chi connectivity index (χ3v) is 20.2. The SMILES string of the molecule is CC(=O)OCC1c2ccccc2-c2ccccc21.CC(=O)OCC1c2ccccc2-c2ccccc21.O=C(CO)OCCOCCOCCOCCOCCOCCOCCOCCNC(=O)OCC1c2ccccc2-c2ccccc21.O=C(NCCOCCOCCOCCOCCOCCOCCOCCOCCO)OCC1c2ccccc2-c2ccccc21. The molecule has 29 heteroatoms. The second kappa shape index (κ2) is 61.5. The second-order valence-corrected chi connectivity index (χ2v) is 28.9. The van der Waals surface area contributed by atoms with Crippen molar-refractivity contribution in [2.75, 3.05) is 258 Å². The lowest BCUT2D eigenvalue weighted by molar-refractivity contribution is -0.148. The van der Waals surface area contributed by atoms with Gasteiger partial charge in [-0.15, -0.1) is 0 Å². The maximum absolute atomic E-state index is 12.2. The average Bonchev–Trinajstić information content (AvgIpc) is 1.64. The lowest BCUT2D eigenvalue weighted by atomic mass is 9.98. The molecule has 0 aromatic heterocycles. The second-order valence-electron chi connectivity index (χ2n) is 28.9. The summed E-state index contributed by atoms with van der Waals surface area (Å²) in [5.41, 5.74) is 19.5. The van der Waals surface area contributed by atoms with E-state index in [0.717, 1.165) is 0 Å². The average molecular weight is 1760 g/mol. The van der Waals surface area contributed by atoms with Crippen LogP contribution in [-0.4, -0.2) is 298 Å². The van der Waals surface area contributed by atoms with Gasteiger partial charge in [-0.1, -0.05) is 194 Å². The minimum absolute atomic E-state index is 0.0211. The van der Waals surface area contributed by atoms with E-state index in [1.807, 2.05) is 97.1 Å². The first kappa shape index (κ1) is 101. The predicted octanol–water partition coefficient (Wildman–Crippen LogP) is 11.6. The van der Waals surface area contributed by atoms with Gasteiger partial charge < -0.3 is 116 Å². The third-order valence-electron chi connectivity index (χ3n) is 20.2. The van der Waals surface area contributed by atoms with Crippen LogP contribution in [0.2, 0.25) is 0 Å². The maximum atomic E-state index is 12.2. The molecule has 688 valence electrons. The Morgan fingerprint density at radius 2 is 0.402 bits per heavy atom. The molecule has 0 bridgehead atoms. The van der Waals surface area contributed by atoms with E-state index in [9.17, 15) is 24.0 Å². The topological polar surface area (TPSA) is 334 Å². The molecule has 0 spiro atoms. The number of amides is 2. The number of carbonyl (C=O) groups excluding carboxylic acids is 5. The molecular weight excluding hydrogens is 1640 g/mol. The van der Waals surface area contributed by atoms with Crippen molar-refractivity contribution >= 4 is 30.1 Å². The van der Waals surface area contributed by atoms with E-state index in [-0.39, 0.29) is 68.6 Å². The number of aliphatic hydroxyl groups excluding tert-OH is 2. The Hall–Kier alpha value is -9.97. The summed E-state index contributed by atoms with van der Waals surface area (Å²) >= 11 is 0. The molecule has 0 atom stereocenters. The van der Waals surface area contributed by atoms with Gasteiger partial charge in [-0.25, -0.2) is 14.4 Å². The van der Waals surface area contributed by atoms with Crippen LogP contribution in [0.25, 0.3) is 44.5 Å². The number of hydrogen-bond donors (Lipinski definition) is 4. The van der Waals surface area contributed by atoms with Crippen LogP contribution >= 0.6 is 0 Å². The molecule has 0 aliphatic heterocycles. The molecule has 127 heavy (non-hydrogen) atoms. The van der Waals surface area contributed by atoms with E-state index >= 15 is 0 Å². The molecule has 4 aliphatic rings. The largest absolute Gasteiger partial charge is 0.465 e. The number of aliphatic hydroxyl groups is 2. The summed E-state index contributed by atoms with van der Waals surface area (Å²) in [6.07, 6.45) is -0.911. The molecular formula is C98H124N2O27. The van der Waals surface area contributed by atoms with E-state index in [2.05, 4.69) is 112 Å². The molecule has 0 fully saturated rings. The number of alkyl carbamates (subject to hydrolysis) is 2. The Balaban J connectivity index is 0.000000207. The summed E-state index contributed by atoms with van der Waals surface area (Å²) in [4.78, 5) is 57.1. The molecule has 0 radical (unpaired) electrons. The van der Waals surface area contributed by atoms with E-state index in [0.29, 0.717) is 218 Å². The smallest absolute Gasteiger partial charge is 0.407 e. The molecule has 4 aliphatic carbocycles. The molecule has 12 rings (SSSR count). The zero-order chi connectivity index (χ0) is 89.2. The van der Waals surface area contributed by atoms with Gasteiger partial charge in [-0.2, -0.15) is 0 Å². The van der Waals surface area contributed by atoms with Crippen LogP contribution < -0.4 is 10.6 Å². The molecule has 0 unspecified atom stereocenters. The van der Waals surface area contributed by atoms with Gasteiger partial charge in [0.2, 0.25) is 0 Å². The summed E-state index contributed by atoms with van der Waals surface area (Å²) in [6.45, 7) is 17.8. The first-order valence-electron chi connectivity index (χ1n) is 43.4. The Kier molecular flexibility index (Phi) is 48.8. The van der Waals surface area contributed by atoms with Crippen molar-refractivity contribution in [1.29, 1.82) is 0 Å². The van der Waals surface area contributed by atoms with Crippen molar-refractivity contribution in [1.82, 2.24) is 10.6 Å². The minimum atomic E-state index is -0.671. The molecule has 0 heterocycles. The summed E-state index contributed by atoms with van der Waals surface area (Å²) < 4.78 is 107. The van der Waals surface area contributed by atoms with Crippen molar-refractivity contribution in [2.45, 2.75) is 37.5 Å². The lowest BCUT2D eigenvalue weighted by Gasteiger charge is -2.14. The van der Waals surface area contributed by atoms with Gasteiger partial charge in [-0.05, 0) is 89.0 Å². The van der Waals surface area contributed by atoms with Crippen molar-refractivity contribution in [3.05, 3.63) is 239 Å². The van der Waals surface area contributed by atoms with Crippen molar-refractivity contribution in [2.24, 2.45) is 0 Å². The van der Waals surface area contributed by atoms with E-state index in [1.54, 1.807) is 0 Å². The Labute approximate surface area is 744 Å². The molecule has 29 nitrogen and oxygen atoms in total. The van der Waals surface area contributed by atoms with E-state index < -0.39 is 24.8 Å². The Morgan fingerprint density at radius 3 is 0.591 bits per heavy atom. The molecule has 2 amide bonds. The van der Waals surface area contributed by atoms with Crippen LogP contribution in [-0.2, 0) is 109 Å². The van der Waals surface area contributed by atoms with Gasteiger partial charge >= 0.3 is 30.1 Å². The highest BCUT2D eigenvalue weighted by molar-refractivity contribution is 5.82. The highest BCUT2D eigenvalue weighted by atomic mass is 16.6. The summed E-state index contributed by atoms with van der Waals surface area (Å²) in [7, 11) is 0. The third kappa shape index (κ3) is 36.2. The molecule has 0 saturated heterocycles. The van der Waals surface area contributed by atoms with Gasteiger partial charge in [-0.3, -0.25) is 9.59 Å². The summed E-state index contributed by atoms with van der Waals surface area (Å²) in [6, 6.07) is 66.3. The fourth-order valence-corrected chi connectivity index (χ4v) is 14.4. The van der Waals surface area contributed by atoms with Gasteiger partial charge in [0, 0.05) is 50.6 Å². The highest BCUT2D eigenvalue weighted by Crippen LogP contribution is 2.48. The van der Waals surface area contributed by atoms with E-state index in [1.165, 1.54) is 103 Å². The van der Waals surface area contributed by atoms with Gasteiger partial charge in [0.15, 0.2) is 0 Å². The standard InChI is InChI=1S/C33H47NO12.C33H49NO11.2C16H14O2/c35-25-32(36)45-24-23-44-22-21-43-20-19-42-18-17-41-16-15-40-14-13-39-12-11-38-10-9-34-33(37)46-26-31-29-7-3-1-5-27(29)28-6-2-4-8-30(28)31;35-10-12-38-14-16-40-18-20-42-22-24-44-26-25-43-23-21-41-19-17-39-15-13-37-11-9-34-33(36)45-27-32-30-7-3-1-5-28(30)29-6-2-4-8-31(29)32;2*1-11(17)18-10-16-14-8-4-2-6-12(14)13-7-3-5-9-15(13)16/h1-8,31,35H,9-26H2,(H,34,37);1-8,32,35H,9-27H2,(H,34,36);2*2-9,16H,10H2,1H3. The quantitative estimate of drug-likeness (QED) is 0.0156. The minimum Gasteiger partial charge on any atom is -0.465 e. The fourth-order valence-electron chi connectivity index (χ4n) is 14.4. The van der Waals surface area contributed by atoms with Crippen LogP contribution in [0.1, 0.15) is 82.0 Å². The summed E-state index contributed by atoms with van der Waals surface area (Å²) in [5.74, 6) is -0.713. The van der Waals surface area contributed by atoms with Crippen LogP contribution in [0.3, 0.4) is 0 Å². The zero-order valence-corrected chi connectivity index (χ0v) is 73.0. The van der Waals surface area contributed by atoms with Crippen LogP contribution in [0.4, 0.5) is 9.59 Å². The van der Waals surface area contributed by atoms with Gasteiger partial charge in [0.1, 0.15) is 39.6 Å². The van der Waals surface area contributed by atoms with Gasteiger partial charge in [0.05, 0.1) is 205 Å². The first-order chi connectivity index (χ1) is 62.6. The van der Waals surface area contributed by atoms with Crippen molar-refractivity contribution in [3.8, 4) is 44.5 Å². The normalized spacial score (nSPS) is 12.4. The monoisotopic (exact) mass is 1760 g/mol. The number of rotatable bonds is 59. The lowest BCUT2D eigenvalue weighted by Crippen LogP contribution is -2.29. The highest BCUT2D eigenvalue weighted by Gasteiger charge is 2.33. The number of ether oxygens (including phenoxy) is 20. The van der Waals surface area contributed by atoms with Crippen molar-refractivity contribution in [3.63, 3.8) is 0 Å². The Morgan fingerprint density at radius 1 is 0.228 bits per heavy atom. The van der Waals surface area contributed by atoms with Crippen LogP contribution in [0.5, 0.6) is 0 Å². The summed E-state index contributed by atoms with van der Waals surface area (Å²) in [5, 5.41) is 22.6. The van der Waals surface area contributed by atoms with E-state index in [4.69, 9.17) is 100 Å². The molecule has 0 saturated carbocycles. The first-order valence-corrected chi connectivity index (χ1v) is 43.4. The molecule has 8 aromatic rings. The number of benzene rings is 8.